The molecule has 1 N–H and O–H groups in total. The third-order valence-corrected chi connectivity index (χ3v) is 4.87. The summed E-state index contributed by atoms with van der Waals surface area (Å²) in [6.07, 6.45) is 11.7. The Hall–Kier alpha value is -1.15. The van der Waals surface area contributed by atoms with Gasteiger partial charge < -0.3 is 5.32 Å². The Balaban J connectivity index is 1.79. The average Bonchev–Trinajstić information content (AvgIpc) is 3.31. The Labute approximate surface area is 127 Å². The van der Waals surface area contributed by atoms with Crippen LogP contribution in [0.4, 0.5) is 4.39 Å². The van der Waals surface area contributed by atoms with Crippen molar-refractivity contribution in [3.8, 4) is 0 Å². The molecule has 0 bridgehead atoms. The Bertz CT molecular complexity index is 510. The smallest absolute Gasteiger partial charge is 0.123 e. The van der Waals surface area contributed by atoms with E-state index in [1.807, 2.05) is 13.0 Å². The van der Waals surface area contributed by atoms with Crippen molar-refractivity contribution in [1.29, 1.82) is 0 Å². The van der Waals surface area contributed by atoms with Crippen LogP contribution in [0, 0.1) is 18.7 Å². The molecule has 0 saturated heterocycles. The molecule has 1 nitrogen and oxygen atoms in total. The largest absolute Gasteiger partial charge is 0.310 e. The number of benzene rings is 1. The molecule has 1 aromatic rings. The predicted molar refractivity (Wildman–Crippen MR) is 86.7 cm³/mol. The molecule has 114 valence electrons. The van der Waals surface area contributed by atoms with Gasteiger partial charge in [0.1, 0.15) is 5.82 Å². The predicted octanol–water partition coefficient (Wildman–Crippen LogP) is 4.85. The van der Waals surface area contributed by atoms with Crippen LogP contribution in [0.1, 0.15) is 56.1 Å². The third-order valence-electron chi connectivity index (χ3n) is 4.87. The molecule has 21 heavy (non-hydrogen) atoms. The fourth-order valence-corrected chi connectivity index (χ4v) is 3.34. The first kappa shape index (κ1) is 14.8. The molecule has 2 aliphatic rings. The molecule has 2 heteroatoms. The Morgan fingerprint density at radius 3 is 2.62 bits per heavy atom. The maximum absolute atomic E-state index is 13.3. The second-order valence-electron chi connectivity index (χ2n) is 6.71. The van der Waals surface area contributed by atoms with Crippen LogP contribution in [0.3, 0.4) is 0 Å². The maximum Gasteiger partial charge on any atom is 0.123 e. The summed E-state index contributed by atoms with van der Waals surface area (Å²) < 4.78 is 13.3. The molecule has 0 unspecified atom stereocenters. The lowest BCUT2D eigenvalue weighted by molar-refractivity contribution is 0.396. The van der Waals surface area contributed by atoms with Crippen molar-refractivity contribution in [3.05, 3.63) is 40.7 Å². The van der Waals surface area contributed by atoms with Gasteiger partial charge in [0, 0.05) is 12.6 Å². The molecule has 0 atom stereocenters. The van der Waals surface area contributed by atoms with Crippen LogP contribution < -0.4 is 5.32 Å². The van der Waals surface area contributed by atoms with E-state index in [9.17, 15) is 4.39 Å². The summed E-state index contributed by atoms with van der Waals surface area (Å²) in [6.45, 7) is 3.01. The van der Waals surface area contributed by atoms with Gasteiger partial charge in [-0.1, -0.05) is 37.0 Å². The first-order valence-corrected chi connectivity index (χ1v) is 8.42. The van der Waals surface area contributed by atoms with E-state index in [-0.39, 0.29) is 5.82 Å². The normalized spacial score (nSPS) is 20.8. The second kappa shape index (κ2) is 6.74. The highest BCUT2D eigenvalue weighted by molar-refractivity contribution is 5.57. The summed E-state index contributed by atoms with van der Waals surface area (Å²) in [7, 11) is 0. The fraction of sp³-hybridized carbons (Fsp3) is 0.579. The molecule has 0 aromatic heterocycles. The lowest BCUT2D eigenvalue weighted by atomic mass is 9.82. The maximum atomic E-state index is 13.3. The van der Waals surface area contributed by atoms with Crippen molar-refractivity contribution in [2.24, 2.45) is 5.92 Å². The monoisotopic (exact) mass is 287 g/mol. The second-order valence-corrected chi connectivity index (χ2v) is 6.71. The topological polar surface area (TPSA) is 12.0 Å². The van der Waals surface area contributed by atoms with Gasteiger partial charge in [-0.15, -0.1) is 0 Å². The zero-order valence-corrected chi connectivity index (χ0v) is 13.0. The number of hydrogen-bond acceptors (Lipinski definition) is 1. The zero-order valence-electron chi connectivity index (χ0n) is 13.0. The Kier molecular flexibility index (Phi) is 4.74. The first-order valence-electron chi connectivity index (χ1n) is 8.42. The summed E-state index contributed by atoms with van der Waals surface area (Å²) in [5.41, 5.74) is 3.74. The minimum absolute atomic E-state index is 0.139. The molecule has 0 aliphatic heterocycles. The summed E-state index contributed by atoms with van der Waals surface area (Å²) in [4.78, 5) is 0. The zero-order chi connectivity index (χ0) is 14.7. The van der Waals surface area contributed by atoms with Crippen molar-refractivity contribution in [2.75, 3.05) is 6.54 Å². The van der Waals surface area contributed by atoms with Crippen LogP contribution >= 0.6 is 0 Å². The van der Waals surface area contributed by atoms with Gasteiger partial charge in [-0.2, -0.15) is 0 Å². The number of halogens is 1. The van der Waals surface area contributed by atoms with Gasteiger partial charge >= 0.3 is 0 Å². The third kappa shape index (κ3) is 4.16. The van der Waals surface area contributed by atoms with Crippen LogP contribution in [0.15, 0.2) is 23.8 Å². The van der Waals surface area contributed by atoms with E-state index in [1.54, 1.807) is 12.1 Å². The molecule has 2 fully saturated rings. The van der Waals surface area contributed by atoms with Crippen molar-refractivity contribution in [3.63, 3.8) is 0 Å². The van der Waals surface area contributed by atoms with Gasteiger partial charge in [0.2, 0.25) is 0 Å². The Morgan fingerprint density at radius 2 is 1.95 bits per heavy atom. The molecule has 2 saturated carbocycles. The van der Waals surface area contributed by atoms with E-state index in [1.165, 1.54) is 56.1 Å². The van der Waals surface area contributed by atoms with Crippen LogP contribution in [-0.4, -0.2) is 12.6 Å². The molecule has 3 rings (SSSR count). The molecule has 0 amide bonds. The van der Waals surface area contributed by atoms with E-state index in [0.29, 0.717) is 0 Å². The fourth-order valence-electron chi connectivity index (χ4n) is 3.34. The molecule has 2 aliphatic carbocycles. The van der Waals surface area contributed by atoms with Crippen LogP contribution in [0.2, 0.25) is 0 Å². The summed E-state index contributed by atoms with van der Waals surface area (Å²) >= 11 is 0. The minimum Gasteiger partial charge on any atom is -0.310 e. The van der Waals surface area contributed by atoms with Gasteiger partial charge in [-0.25, -0.2) is 4.39 Å². The highest BCUT2D eigenvalue weighted by Gasteiger charge is 2.23. The van der Waals surface area contributed by atoms with Gasteiger partial charge in [0.25, 0.3) is 0 Å². The van der Waals surface area contributed by atoms with Crippen LogP contribution in [0.25, 0.3) is 6.08 Å². The highest BCUT2D eigenvalue weighted by atomic mass is 19.1. The number of rotatable bonds is 5. The average molecular weight is 287 g/mol. The number of hydrogen-bond donors (Lipinski definition) is 1. The first-order chi connectivity index (χ1) is 10.2. The van der Waals surface area contributed by atoms with Crippen LogP contribution in [-0.2, 0) is 0 Å². The lowest BCUT2D eigenvalue weighted by Crippen LogP contribution is -2.24. The van der Waals surface area contributed by atoms with Gasteiger partial charge in [0.15, 0.2) is 0 Å². The van der Waals surface area contributed by atoms with Gasteiger partial charge in [-0.3, -0.25) is 0 Å². The summed E-state index contributed by atoms with van der Waals surface area (Å²) in [5, 5.41) is 3.66. The summed E-state index contributed by atoms with van der Waals surface area (Å²) in [5.74, 6) is 0.578. The standard InChI is InChI=1S/C19H26FN/c1-14-11-18(20)8-7-16(14)12-17(13-21-19-9-10-19)15-5-3-2-4-6-15/h7-8,11-12,15,19,21H,2-6,9-10,13H2,1H3/b17-12-. The minimum atomic E-state index is -0.139. The van der Waals surface area contributed by atoms with E-state index in [0.717, 1.165) is 24.1 Å². The van der Waals surface area contributed by atoms with E-state index in [2.05, 4.69) is 11.4 Å². The van der Waals surface area contributed by atoms with E-state index in [4.69, 9.17) is 0 Å². The molecule has 0 spiro atoms. The van der Waals surface area contributed by atoms with Gasteiger partial charge in [0.05, 0.1) is 0 Å². The van der Waals surface area contributed by atoms with E-state index >= 15 is 0 Å². The molecular formula is C19H26FN. The van der Waals surface area contributed by atoms with Crippen molar-refractivity contribution in [1.82, 2.24) is 5.32 Å². The van der Waals surface area contributed by atoms with Crippen molar-refractivity contribution >= 4 is 6.08 Å². The number of aryl methyl sites for hydroxylation is 1. The highest BCUT2D eigenvalue weighted by Crippen LogP contribution is 2.31. The van der Waals surface area contributed by atoms with E-state index < -0.39 is 0 Å². The summed E-state index contributed by atoms with van der Waals surface area (Å²) in [6, 6.07) is 5.88. The SMILES string of the molecule is Cc1cc(F)ccc1/C=C(/CNC1CC1)C1CCCCC1. The lowest BCUT2D eigenvalue weighted by Gasteiger charge is -2.25. The number of nitrogens with one attached hydrogen (secondary N) is 1. The molecule has 1 aromatic carbocycles. The van der Waals surface area contributed by atoms with Crippen molar-refractivity contribution in [2.45, 2.75) is 57.9 Å². The molecule has 0 heterocycles. The van der Waals surface area contributed by atoms with Crippen LogP contribution in [0.5, 0.6) is 0 Å². The van der Waals surface area contributed by atoms with Crippen molar-refractivity contribution < 1.29 is 4.39 Å². The molecular weight excluding hydrogens is 261 g/mol. The quantitative estimate of drug-likeness (QED) is 0.816. The van der Waals surface area contributed by atoms with Gasteiger partial charge in [-0.05, 0) is 61.8 Å². The molecule has 0 radical (unpaired) electrons. The Morgan fingerprint density at radius 1 is 1.19 bits per heavy atom.